The van der Waals surface area contributed by atoms with E-state index in [1.807, 2.05) is 18.2 Å². The molecular weight excluding hydrogens is 526 g/mol. The van der Waals surface area contributed by atoms with Gasteiger partial charge in [-0.2, -0.15) is 0 Å². The molecule has 0 spiro atoms. The Balaban J connectivity index is 4.32. The number of ether oxygens (including phenoxy) is 1. The average molecular weight is 584 g/mol. The third-order valence-electron chi connectivity index (χ3n) is 6.38. The first kappa shape index (κ1) is 38.9. The molecule has 0 heterocycles. The van der Waals surface area contributed by atoms with Gasteiger partial charge in [-0.1, -0.05) is 113 Å². The van der Waals surface area contributed by atoms with Crippen molar-refractivity contribution in [3.8, 4) is 0 Å². The molecule has 0 rings (SSSR count). The standard InChI is InChI=1S/C36H57NO5/c1-3-5-7-9-11-12-13-14-15-16-17-18-19-21-27-31-36(41)42-33(28-24-20-10-8-6-4-2)29-25-22-23-26-30-34(38)37-32-35(39)40/h5,7,11-12,14-15,17-18,21,24,27-28,33H,3-4,6,8-10,13,16,19-20,22-23,25-26,29-32H2,1-2H3,(H,37,38)(H,39,40)/b7-5-,12-11-,15-14-,18-17-,27-21-,28-24-. The number of aliphatic carboxylic acids is 1. The Labute approximate surface area is 255 Å². The number of carboxylic acid groups (broad SMARTS) is 1. The first-order valence-electron chi connectivity index (χ1n) is 16.1. The van der Waals surface area contributed by atoms with Gasteiger partial charge in [-0.3, -0.25) is 14.4 Å². The van der Waals surface area contributed by atoms with Crippen LogP contribution in [-0.2, 0) is 19.1 Å². The molecule has 0 aromatic carbocycles. The minimum absolute atomic E-state index is 0.216. The Morgan fingerprint density at radius 1 is 0.690 bits per heavy atom. The summed E-state index contributed by atoms with van der Waals surface area (Å²) in [6, 6.07) is 0. The van der Waals surface area contributed by atoms with Crippen molar-refractivity contribution >= 4 is 17.8 Å². The Hall–Kier alpha value is -3.15. The number of esters is 1. The van der Waals surface area contributed by atoms with Gasteiger partial charge >= 0.3 is 11.9 Å². The average Bonchev–Trinajstić information content (AvgIpc) is 2.97. The fourth-order valence-corrected chi connectivity index (χ4v) is 4.03. The number of nitrogens with one attached hydrogen (secondary N) is 1. The van der Waals surface area contributed by atoms with E-state index in [9.17, 15) is 14.4 Å². The molecular formula is C36H57NO5. The zero-order chi connectivity index (χ0) is 30.9. The lowest BCUT2D eigenvalue weighted by molar-refractivity contribution is -0.146. The lowest BCUT2D eigenvalue weighted by Gasteiger charge is -2.14. The molecule has 0 fully saturated rings. The molecule has 1 amide bonds. The van der Waals surface area contributed by atoms with Crippen molar-refractivity contribution in [2.75, 3.05) is 6.54 Å². The second-order valence-electron chi connectivity index (χ2n) is 10.3. The van der Waals surface area contributed by atoms with Crippen LogP contribution in [0.4, 0.5) is 0 Å². The molecule has 1 unspecified atom stereocenters. The van der Waals surface area contributed by atoms with Crippen molar-refractivity contribution in [3.63, 3.8) is 0 Å². The van der Waals surface area contributed by atoms with Crippen molar-refractivity contribution in [2.45, 2.75) is 129 Å². The number of hydrogen-bond donors (Lipinski definition) is 2. The van der Waals surface area contributed by atoms with Crippen LogP contribution in [0.2, 0.25) is 0 Å². The maximum absolute atomic E-state index is 12.5. The first-order valence-corrected chi connectivity index (χ1v) is 16.1. The van der Waals surface area contributed by atoms with Crippen LogP contribution in [0, 0.1) is 0 Å². The number of rotatable bonds is 27. The van der Waals surface area contributed by atoms with E-state index in [-0.39, 0.29) is 30.9 Å². The Morgan fingerprint density at radius 2 is 1.26 bits per heavy atom. The largest absolute Gasteiger partial charge is 0.480 e. The molecule has 0 aliphatic heterocycles. The SMILES string of the molecule is CC/C=C\C/C=C\C/C=C\C/C=C\C/C=C\CC(=O)OC(/C=C\CCCCCC)CCCCCCC(=O)NCC(=O)O. The van der Waals surface area contributed by atoms with E-state index in [1.165, 1.54) is 19.3 Å². The molecule has 0 aliphatic rings. The van der Waals surface area contributed by atoms with Gasteiger partial charge in [-0.25, -0.2) is 0 Å². The maximum Gasteiger partial charge on any atom is 0.322 e. The molecule has 0 saturated carbocycles. The van der Waals surface area contributed by atoms with Crippen molar-refractivity contribution in [3.05, 3.63) is 72.9 Å². The molecule has 0 radical (unpaired) electrons. The molecule has 0 saturated heterocycles. The van der Waals surface area contributed by atoms with Crippen LogP contribution in [0.1, 0.15) is 123 Å². The summed E-state index contributed by atoms with van der Waals surface area (Å²) >= 11 is 0. The highest BCUT2D eigenvalue weighted by molar-refractivity contribution is 5.80. The number of carbonyl (C=O) groups excluding carboxylic acids is 2. The molecule has 0 aromatic heterocycles. The van der Waals surface area contributed by atoms with Crippen LogP contribution < -0.4 is 5.32 Å². The van der Waals surface area contributed by atoms with E-state index in [4.69, 9.17) is 9.84 Å². The van der Waals surface area contributed by atoms with Crippen LogP contribution in [0.3, 0.4) is 0 Å². The fourth-order valence-electron chi connectivity index (χ4n) is 4.03. The van der Waals surface area contributed by atoms with Crippen LogP contribution in [-0.4, -0.2) is 35.6 Å². The van der Waals surface area contributed by atoms with Crippen molar-refractivity contribution in [1.29, 1.82) is 0 Å². The highest BCUT2D eigenvalue weighted by Crippen LogP contribution is 2.13. The fraction of sp³-hybridized carbons (Fsp3) is 0.583. The lowest BCUT2D eigenvalue weighted by Crippen LogP contribution is -2.28. The summed E-state index contributed by atoms with van der Waals surface area (Å²) < 4.78 is 5.76. The molecule has 0 bridgehead atoms. The van der Waals surface area contributed by atoms with E-state index >= 15 is 0 Å². The maximum atomic E-state index is 12.5. The van der Waals surface area contributed by atoms with E-state index in [1.54, 1.807) is 0 Å². The number of amides is 1. The van der Waals surface area contributed by atoms with Crippen LogP contribution in [0.25, 0.3) is 0 Å². The van der Waals surface area contributed by atoms with Gasteiger partial charge in [-0.05, 0) is 70.3 Å². The Kier molecular flexibility index (Phi) is 28.5. The third kappa shape index (κ3) is 29.8. The summed E-state index contributed by atoms with van der Waals surface area (Å²) in [4.78, 5) is 34.6. The predicted octanol–water partition coefficient (Wildman–Crippen LogP) is 9.11. The monoisotopic (exact) mass is 583 g/mol. The predicted molar refractivity (Wildman–Crippen MR) is 175 cm³/mol. The van der Waals surface area contributed by atoms with Crippen LogP contribution in [0.15, 0.2) is 72.9 Å². The minimum Gasteiger partial charge on any atom is -0.480 e. The molecule has 42 heavy (non-hydrogen) atoms. The molecule has 1 atom stereocenters. The summed E-state index contributed by atoms with van der Waals surface area (Å²) in [6.45, 7) is 4.00. The normalized spacial score (nSPS) is 13.0. The summed E-state index contributed by atoms with van der Waals surface area (Å²) in [5, 5.41) is 11.0. The number of hydrogen-bond acceptors (Lipinski definition) is 4. The van der Waals surface area contributed by atoms with Gasteiger partial charge < -0.3 is 15.2 Å². The van der Waals surface area contributed by atoms with Crippen molar-refractivity contribution in [2.24, 2.45) is 0 Å². The summed E-state index contributed by atoms with van der Waals surface area (Å²) in [6.07, 6.45) is 40.5. The minimum atomic E-state index is -1.04. The van der Waals surface area contributed by atoms with Gasteiger partial charge in [0.15, 0.2) is 0 Å². The van der Waals surface area contributed by atoms with E-state index in [0.717, 1.165) is 70.6 Å². The quantitative estimate of drug-likeness (QED) is 0.0571. The first-order chi connectivity index (χ1) is 20.5. The molecule has 236 valence electrons. The van der Waals surface area contributed by atoms with Gasteiger partial charge in [0.05, 0.1) is 6.42 Å². The zero-order valence-electron chi connectivity index (χ0n) is 26.3. The smallest absolute Gasteiger partial charge is 0.322 e. The topological polar surface area (TPSA) is 92.7 Å². The highest BCUT2D eigenvalue weighted by Gasteiger charge is 2.11. The highest BCUT2D eigenvalue weighted by atomic mass is 16.5. The third-order valence-corrected chi connectivity index (χ3v) is 6.38. The summed E-state index contributed by atoms with van der Waals surface area (Å²) in [7, 11) is 0. The molecule has 0 aromatic rings. The number of carbonyl (C=O) groups is 3. The van der Waals surface area contributed by atoms with Gasteiger partial charge in [0.25, 0.3) is 0 Å². The Morgan fingerprint density at radius 3 is 1.86 bits per heavy atom. The second-order valence-corrected chi connectivity index (χ2v) is 10.3. The number of carboxylic acids is 1. The van der Waals surface area contributed by atoms with Crippen molar-refractivity contribution in [1.82, 2.24) is 5.32 Å². The Bertz CT molecular complexity index is 866. The summed E-state index contributed by atoms with van der Waals surface area (Å²) in [5.41, 5.74) is 0. The molecule has 0 aliphatic carbocycles. The molecule has 6 nitrogen and oxygen atoms in total. The molecule has 6 heteroatoms. The second kappa shape index (κ2) is 30.8. The summed E-state index contributed by atoms with van der Waals surface area (Å²) in [5.74, 6) is -1.49. The van der Waals surface area contributed by atoms with Gasteiger partial charge in [0.1, 0.15) is 12.6 Å². The molecule has 2 N–H and O–H groups in total. The van der Waals surface area contributed by atoms with E-state index < -0.39 is 5.97 Å². The van der Waals surface area contributed by atoms with Gasteiger partial charge in [-0.15, -0.1) is 0 Å². The van der Waals surface area contributed by atoms with Gasteiger partial charge in [0.2, 0.25) is 5.91 Å². The van der Waals surface area contributed by atoms with E-state index in [0.29, 0.717) is 12.8 Å². The van der Waals surface area contributed by atoms with Gasteiger partial charge in [0, 0.05) is 6.42 Å². The van der Waals surface area contributed by atoms with Crippen molar-refractivity contribution < 1.29 is 24.2 Å². The van der Waals surface area contributed by atoms with Crippen LogP contribution in [0.5, 0.6) is 0 Å². The number of unbranched alkanes of at least 4 members (excludes halogenated alkanes) is 7. The lowest BCUT2D eigenvalue weighted by atomic mass is 10.1. The number of allylic oxidation sites excluding steroid dienone is 10. The zero-order valence-corrected chi connectivity index (χ0v) is 26.3. The van der Waals surface area contributed by atoms with Crippen LogP contribution >= 0.6 is 0 Å². The van der Waals surface area contributed by atoms with E-state index in [2.05, 4.69) is 73.8 Å².